The van der Waals surface area contributed by atoms with Crippen molar-refractivity contribution in [2.24, 2.45) is 5.41 Å². The Labute approximate surface area is 146 Å². The minimum atomic E-state index is -3.01. The number of Topliss-reactive ketones (excluding diaryl/α,β-unsaturated/α-hetero) is 2. The van der Waals surface area contributed by atoms with Crippen LogP contribution >= 0.6 is 0 Å². The third-order valence-corrected chi connectivity index (χ3v) is 5.70. The maximum atomic E-state index is 12.1. The average Bonchev–Trinajstić information content (AvgIpc) is 2.75. The molecule has 1 aromatic rings. The van der Waals surface area contributed by atoms with Crippen molar-refractivity contribution >= 4 is 17.5 Å². The molecular formula is C19H24O6. The lowest BCUT2D eigenvalue weighted by molar-refractivity contribution is -0.149. The summed E-state index contributed by atoms with van der Waals surface area (Å²) in [6, 6.07) is 4.56. The molecule has 2 unspecified atom stereocenters. The van der Waals surface area contributed by atoms with Crippen LogP contribution in [0.1, 0.15) is 73.2 Å². The van der Waals surface area contributed by atoms with E-state index in [2.05, 4.69) is 0 Å². The van der Waals surface area contributed by atoms with Gasteiger partial charge in [0.1, 0.15) is 0 Å². The van der Waals surface area contributed by atoms with Gasteiger partial charge in [-0.05, 0) is 43.2 Å². The van der Waals surface area contributed by atoms with E-state index in [-0.39, 0.29) is 11.1 Å². The Bertz CT molecular complexity index is 750. The number of carbonyl (C=O) groups is 3. The minimum absolute atomic E-state index is 0.0197. The highest BCUT2D eigenvalue weighted by molar-refractivity contribution is 6.30. The summed E-state index contributed by atoms with van der Waals surface area (Å²) in [5.41, 5.74) is -0.818. The second kappa shape index (κ2) is 6.04. The van der Waals surface area contributed by atoms with Crippen LogP contribution in [-0.2, 0) is 10.2 Å². The summed E-state index contributed by atoms with van der Waals surface area (Å²) in [6.45, 7) is 7.36. The van der Waals surface area contributed by atoms with Gasteiger partial charge in [-0.15, -0.1) is 0 Å². The predicted octanol–water partition coefficient (Wildman–Crippen LogP) is 2.31. The van der Waals surface area contributed by atoms with Gasteiger partial charge in [-0.2, -0.15) is 0 Å². The van der Waals surface area contributed by atoms with Crippen molar-refractivity contribution in [1.82, 2.24) is 0 Å². The van der Waals surface area contributed by atoms with Crippen LogP contribution in [0.15, 0.2) is 18.2 Å². The molecule has 6 heteroatoms. The number of carbonyl (C=O) groups excluding carboxylic acids is 2. The van der Waals surface area contributed by atoms with E-state index in [0.29, 0.717) is 24.8 Å². The molecule has 25 heavy (non-hydrogen) atoms. The number of benzene rings is 1. The number of hydrogen-bond acceptors (Lipinski definition) is 5. The van der Waals surface area contributed by atoms with Gasteiger partial charge in [-0.3, -0.25) is 14.4 Å². The van der Waals surface area contributed by atoms with Crippen molar-refractivity contribution in [2.75, 3.05) is 0 Å². The monoisotopic (exact) mass is 348 g/mol. The first kappa shape index (κ1) is 19.3. The molecule has 0 heterocycles. The maximum Gasteiger partial charge on any atom is 0.309 e. The maximum absolute atomic E-state index is 12.1. The Kier molecular flexibility index (Phi) is 4.65. The molecule has 6 nitrogen and oxygen atoms in total. The molecule has 0 saturated heterocycles. The Morgan fingerprint density at radius 3 is 2.08 bits per heavy atom. The van der Waals surface area contributed by atoms with Crippen LogP contribution < -0.4 is 0 Å². The third kappa shape index (κ3) is 2.89. The molecular weight excluding hydrogens is 324 g/mol. The van der Waals surface area contributed by atoms with Gasteiger partial charge in [0.2, 0.25) is 11.6 Å². The largest absolute Gasteiger partial charge is 0.481 e. The molecule has 0 fully saturated rings. The van der Waals surface area contributed by atoms with Crippen molar-refractivity contribution < 1.29 is 29.7 Å². The van der Waals surface area contributed by atoms with Crippen LogP contribution in [0.5, 0.6) is 0 Å². The van der Waals surface area contributed by atoms with Gasteiger partial charge in [0, 0.05) is 11.1 Å². The SMILES string of the molecule is CCC(C)(CC(C)(CC)c1ccc2c(c1)C(=O)C(O)(O)C2=O)C(=O)O. The van der Waals surface area contributed by atoms with Gasteiger partial charge in [-0.1, -0.05) is 32.9 Å². The number of aliphatic carboxylic acids is 1. The van der Waals surface area contributed by atoms with E-state index < -0.39 is 34.2 Å². The molecule has 0 aliphatic heterocycles. The van der Waals surface area contributed by atoms with Crippen molar-refractivity contribution in [3.63, 3.8) is 0 Å². The Hall–Kier alpha value is -2.05. The van der Waals surface area contributed by atoms with Crippen LogP contribution in [0, 0.1) is 5.41 Å². The highest BCUT2D eigenvalue weighted by Crippen LogP contribution is 2.43. The summed E-state index contributed by atoms with van der Waals surface area (Å²) in [5, 5.41) is 28.9. The van der Waals surface area contributed by atoms with Gasteiger partial charge in [0.15, 0.2) is 0 Å². The fourth-order valence-corrected chi connectivity index (χ4v) is 3.43. The number of aliphatic hydroxyl groups is 2. The Morgan fingerprint density at radius 2 is 1.60 bits per heavy atom. The van der Waals surface area contributed by atoms with Gasteiger partial charge in [0.25, 0.3) is 5.79 Å². The molecule has 2 atom stereocenters. The van der Waals surface area contributed by atoms with Crippen LogP contribution in [0.25, 0.3) is 0 Å². The zero-order valence-electron chi connectivity index (χ0n) is 14.9. The van der Waals surface area contributed by atoms with E-state index >= 15 is 0 Å². The van der Waals surface area contributed by atoms with Crippen molar-refractivity contribution in [2.45, 2.75) is 58.2 Å². The minimum Gasteiger partial charge on any atom is -0.481 e. The van der Waals surface area contributed by atoms with Crippen LogP contribution in [-0.4, -0.2) is 38.6 Å². The molecule has 0 bridgehead atoms. The number of ketones is 2. The number of fused-ring (bicyclic) bond motifs is 1. The summed E-state index contributed by atoms with van der Waals surface area (Å²) in [6.07, 6.45) is 1.43. The van der Waals surface area contributed by atoms with Gasteiger partial charge in [0.05, 0.1) is 5.41 Å². The molecule has 2 rings (SSSR count). The lowest BCUT2D eigenvalue weighted by Gasteiger charge is -2.37. The summed E-state index contributed by atoms with van der Waals surface area (Å²) in [4.78, 5) is 35.7. The standard InChI is InChI=1S/C19H24O6/c1-5-17(3,10-18(4,6-2)16(22)23)11-7-8-12-13(9-11)15(21)19(24,25)14(12)20/h7-9,24-25H,5-6,10H2,1-4H3,(H,22,23). The Balaban J connectivity index is 2.51. The zero-order chi connectivity index (χ0) is 19.2. The second-order valence-electron chi connectivity index (χ2n) is 7.40. The molecule has 0 radical (unpaired) electrons. The van der Waals surface area contributed by atoms with E-state index in [1.165, 1.54) is 12.1 Å². The molecule has 0 aromatic heterocycles. The van der Waals surface area contributed by atoms with E-state index in [9.17, 15) is 29.7 Å². The molecule has 0 saturated carbocycles. The zero-order valence-corrected chi connectivity index (χ0v) is 14.9. The fourth-order valence-electron chi connectivity index (χ4n) is 3.43. The van der Waals surface area contributed by atoms with Gasteiger partial charge < -0.3 is 15.3 Å². The number of hydrogen-bond donors (Lipinski definition) is 3. The molecule has 1 aromatic carbocycles. The molecule has 0 spiro atoms. The first-order valence-corrected chi connectivity index (χ1v) is 8.35. The first-order valence-electron chi connectivity index (χ1n) is 8.35. The summed E-state index contributed by atoms with van der Waals surface area (Å²) < 4.78 is 0. The molecule has 1 aliphatic carbocycles. The first-order chi connectivity index (χ1) is 11.4. The van der Waals surface area contributed by atoms with E-state index in [4.69, 9.17) is 0 Å². The number of rotatable bonds is 6. The van der Waals surface area contributed by atoms with Crippen molar-refractivity contribution in [3.05, 3.63) is 34.9 Å². The van der Waals surface area contributed by atoms with E-state index in [1.54, 1.807) is 13.0 Å². The van der Waals surface area contributed by atoms with E-state index in [0.717, 1.165) is 0 Å². The van der Waals surface area contributed by atoms with Crippen LogP contribution in [0.4, 0.5) is 0 Å². The van der Waals surface area contributed by atoms with Crippen LogP contribution in [0.3, 0.4) is 0 Å². The van der Waals surface area contributed by atoms with Crippen molar-refractivity contribution in [3.8, 4) is 0 Å². The lowest BCUT2D eigenvalue weighted by atomic mass is 9.67. The fraction of sp³-hybridized carbons (Fsp3) is 0.526. The average molecular weight is 348 g/mol. The number of carboxylic acids is 1. The molecule has 0 amide bonds. The summed E-state index contributed by atoms with van der Waals surface area (Å²) >= 11 is 0. The number of carboxylic acid groups (broad SMARTS) is 1. The second-order valence-corrected chi connectivity index (χ2v) is 7.40. The Morgan fingerprint density at radius 1 is 1.04 bits per heavy atom. The van der Waals surface area contributed by atoms with Gasteiger partial charge >= 0.3 is 5.97 Å². The molecule has 1 aliphatic rings. The predicted molar refractivity (Wildman–Crippen MR) is 90.6 cm³/mol. The highest BCUT2D eigenvalue weighted by Gasteiger charge is 2.51. The molecule has 3 N–H and O–H groups in total. The van der Waals surface area contributed by atoms with E-state index in [1.807, 2.05) is 20.8 Å². The summed E-state index contributed by atoms with van der Waals surface area (Å²) in [5.74, 6) is -5.96. The van der Waals surface area contributed by atoms with Crippen LogP contribution in [0.2, 0.25) is 0 Å². The van der Waals surface area contributed by atoms with Crippen molar-refractivity contribution in [1.29, 1.82) is 0 Å². The topological polar surface area (TPSA) is 112 Å². The normalized spacial score (nSPS) is 20.7. The molecule has 136 valence electrons. The smallest absolute Gasteiger partial charge is 0.309 e. The van der Waals surface area contributed by atoms with Gasteiger partial charge in [-0.25, -0.2) is 0 Å². The third-order valence-electron chi connectivity index (χ3n) is 5.70. The quantitative estimate of drug-likeness (QED) is 0.537. The summed E-state index contributed by atoms with van der Waals surface area (Å²) in [7, 11) is 0. The lowest BCUT2D eigenvalue weighted by Crippen LogP contribution is -2.40. The highest BCUT2D eigenvalue weighted by atomic mass is 16.5.